The van der Waals surface area contributed by atoms with E-state index in [1.54, 1.807) is 0 Å². The first-order valence-corrected chi connectivity index (χ1v) is 13.8. The fourth-order valence-electron chi connectivity index (χ4n) is 5.32. The predicted molar refractivity (Wildman–Crippen MR) is 152 cm³/mol. The summed E-state index contributed by atoms with van der Waals surface area (Å²) in [5.41, 5.74) is 6.32. The highest BCUT2D eigenvalue weighted by atomic mass is 32.1. The van der Waals surface area contributed by atoms with Crippen LogP contribution in [0.2, 0.25) is 0 Å². The van der Waals surface area contributed by atoms with Crippen LogP contribution in [0.3, 0.4) is 0 Å². The van der Waals surface area contributed by atoms with Gasteiger partial charge in [-0.15, -0.1) is 0 Å². The number of hydrogen-bond donors (Lipinski definition) is 3. The van der Waals surface area contributed by atoms with Gasteiger partial charge in [-0.1, -0.05) is 25.5 Å². The van der Waals surface area contributed by atoms with Crippen molar-refractivity contribution in [2.24, 2.45) is 0 Å². The van der Waals surface area contributed by atoms with Crippen molar-refractivity contribution in [2.45, 2.75) is 96.6 Å². The maximum absolute atomic E-state index is 5.65. The predicted octanol–water partition coefficient (Wildman–Crippen LogP) is 5.78. The lowest BCUT2D eigenvalue weighted by atomic mass is 9.91. The molecule has 0 radical (unpaired) electrons. The molecule has 2 aliphatic rings. The zero-order chi connectivity index (χ0) is 24.8. The van der Waals surface area contributed by atoms with Crippen molar-refractivity contribution in [1.29, 1.82) is 0 Å². The van der Waals surface area contributed by atoms with Gasteiger partial charge in [-0.05, 0) is 101 Å². The Labute approximate surface area is 216 Å². The third-order valence-corrected chi connectivity index (χ3v) is 7.56. The van der Waals surface area contributed by atoms with Crippen LogP contribution in [0.25, 0.3) is 0 Å². The summed E-state index contributed by atoms with van der Waals surface area (Å²) < 4.78 is 0. The van der Waals surface area contributed by atoms with E-state index >= 15 is 0 Å². The minimum Gasteiger partial charge on any atom is -0.362 e. The molecular formula is C28H42N6S. The number of aryl methyl sites for hydroxylation is 3. The first kappa shape index (κ1) is 25.7. The van der Waals surface area contributed by atoms with Gasteiger partial charge in [-0.2, -0.15) is 4.98 Å². The number of thiocarbonyl (C=S) groups is 1. The fourth-order valence-corrected chi connectivity index (χ4v) is 5.60. The lowest BCUT2D eigenvalue weighted by molar-refractivity contribution is 0.387. The molecule has 35 heavy (non-hydrogen) atoms. The Balaban J connectivity index is 1.27. The van der Waals surface area contributed by atoms with Gasteiger partial charge in [0.25, 0.3) is 0 Å². The number of anilines is 3. The van der Waals surface area contributed by atoms with Crippen molar-refractivity contribution in [3.05, 3.63) is 40.6 Å². The highest BCUT2D eigenvalue weighted by Gasteiger charge is 2.24. The summed E-state index contributed by atoms with van der Waals surface area (Å²) in [5, 5.41) is 11.3. The maximum atomic E-state index is 5.65. The van der Waals surface area contributed by atoms with Gasteiger partial charge in [-0.25, -0.2) is 4.98 Å². The third kappa shape index (κ3) is 6.84. The average Bonchev–Trinajstić information content (AvgIpc) is 2.85. The van der Waals surface area contributed by atoms with Gasteiger partial charge in [0.05, 0.1) is 5.69 Å². The van der Waals surface area contributed by atoms with Gasteiger partial charge in [0.15, 0.2) is 5.11 Å². The van der Waals surface area contributed by atoms with Crippen LogP contribution in [-0.2, 0) is 19.3 Å². The number of hydrogen-bond acceptors (Lipinski definition) is 5. The Morgan fingerprint density at radius 2 is 1.80 bits per heavy atom. The number of fused-ring (bicyclic) bond motifs is 1. The van der Waals surface area contributed by atoms with Crippen molar-refractivity contribution in [1.82, 2.24) is 15.3 Å². The minimum atomic E-state index is 0.402. The molecule has 1 aromatic carbocycles. The molecule has 4 rings (SSSR count). The second kappa shape index (κ2) is 12.0. The molecule has 1 heterocycles. The molecule has 1 saturated carbocycles. The summed E-state index contributed by atoms with van der Waals surface area (Å²) in [4.78, 5) is 11.9. The fraction of sp³-hybridized carbons (Fsp3) is 0.607. The summed E-state index contributed by atoms with van der Waals surface area (Å²) in [6.07, 6.45) is 12.6. The highest BCUT2D eigenvalue weighted by molar-refractivity contribution is 7.80. The second-order valence-electron chi connectivity index (χ2n) is 10.4. The van der Waals surface area contributed by atoms with Gasteiger partial charge in [-0.3, -0.25) is 0 Å². The highest BCUT2D eigenvalue weighted by Crippen LogP contribution is 2.29. The van der Waals surface area contributed by atoms with Crippen molar-refractivity contribution in [2.75, 3.05) is 29.6 Å². The van der Waals surface area contributed by atoms with E-state index in [0.717, 1.165) is 67.5 Å². The molecule has 3 N–H and O–H groups in total. The zero-order valence-electron chi connectivity index (χ0n) is 21.9. The van der Waals surface area contributed by atoms with Crippen molar-refractivity contribution < 1.29 is 0 Å². The molecule has 1 fully saturated rings. The number of nitrogens with one attached hydrogen (secondary N) is 3. The SMILES string of the molecule is CCCCc1ccc(NC(=S)NC2CCC(Nc3nc4c(c(N(C)C)n3)CCCC4)CC2)c(C)c1. The first-order valence-electron chi connectivity index (χ1n) is 13.4. The van der Waals surface area contributed by atoms with Crippen LogP contribution >= 0.6 is 12.2 Å². The van der Waals surface area contributed by atoms with Gasteiger partial charge < -0.3 is 20.9 Å². The summed E-state index contributed by atoms with van der Waals surface area (Å²) in [7, 11) is 4.16. The number of nitrogens with zero attached hydrogens (tertiary/aromatic N) is 3. The van der Waals surface area contributed by atoms with Crippen LogP contribution < -0.4 is 20.9 Å². The van der Waals surface area contributed by atoms with Gasteiger partial charge >= 0.3 is 0 Å². The molecule has 0 atom stereocenters. The second-order valence-corrected chi connectivity index (χ2v) is 10.9. The quantitative estimate of drug-likeness (QED) is 0.402. The van der Waals surface area contributed by atoms with Gasteiger partial charge in [0.2, 0.25) is 5.95 Å². The van der Waals surface area contributed by atoms with Gasteiger partial charge in [0.1, 0.15) is 5.82 Å². The van der Waals surface area contributed by atoms with Crippen LogP contribution in [0.5, 0.6) is 0 Å². The Kier molecular flexibility index (Phi) is 8.82. The number of rotatable bonds is 8. The van der Waals surface area contributed by atoms with E-state index < -0.39 is 0 Å². The van der Waals surface area contributed by atoms with Crippen molar-refractivity contribution in [3.63, 3.8) is 0 Å². The molecule has 0 unspecified atom stereocenters. The summed E-state index contributed by atoms with van der Waals surface area (Å²) >= 11 is 5.65. The van der Waals surface area contributed by atoms with Crippen LogP contribution in [-0.4, -0.2) is 41.3 Å². The molecule has 1 aromatic heterocycles. The van der Waals surface area contributed by atoms with E-state index in [9.17, 15) is 0 Å². The smallest absolute Gasteiger partial charge is 0.225 e. The summed E-state index contributed by atoms with van der Waals surface area (Å²) in [5.74, 6) is 1.87. The third-order valence-electron chi connectivity index (χ3n) is 7.34. The van der Waals surface area contributed by atoms with E-state index in [2.05, 4.69) is 67.0 Å². The summed E-state index contributed by atoms with van der Waals surface area (Å²) in [6, 6.07) is 7.47. The van der Waals surface area contributed by atoms with Crippen molar-refractivity contribution in [3.8, 4) is 0 Å². The van der Waals surface area contributed by atoms with Crippen LogP contribution in [0, 0.1) is 6.92 Å². The van der Waals surface area contributed by atoms with E-state index in [1.165, 1.54) is 48.1 Å². The maximum Gasteiger partial charge on any atom is 0.225 e. The van der Waals surface area contributed by atoms with Crippen LogP contribution in [0.15, 0.2) is 18.2 Å². The molecule has 0 spiro atoms. The first-order chi connectivity index (χ1) is 16.9. The molecule has 0 saturated heterocycles. The Bertz CT molecular complexity index is 1010. The molecule has 190 valence electrons. The number of unbranched alkanes of at least 4 members (excludes halogenated alkanes) is 1. The topological polar surface area (TPSA) is 65.1 Å². The van der Waals surface area contributed by atoms with E-state index in [1.807, 2.05) is 0 Å². The Morgan fingerprint density at radius 3 is 2.51 bits per heavy atom. The summed E-state index contributed by atoms with van der Waals surface area (Å²) in [6.45, 7) is 4.39. The zero-order valence-corrected chi connectivity index (χ0v) is 22.7. The average molecular weight is 495 g/mol. The molecule has 0 aliphatic heterocycles. The van der Waals surface area contributed by atoms with E-state index in [4.69, 9.17) is 22.2 Å². The lowest BCUT2D eigenvalue weighted by Gasteiger charge is -2.31. The van der Waals surface area contributed by atoms with Crippen LogP contribution in [0.1, 0.15) is 80.7 Å². The molecule has 6 nitrogen and oxygen atoms in total. The standard InChI is InChI=1S/C28H42N6S/c1-5-6-9-20-12-17-24(19(2)18-20)32-28(35)30-22-15-13-21(14-16-22)29-27-31-25-11-8-7-10-23(25)26(33-27)34(3)4/h12,17-18,21-22H,5-11,13-16H2,1-4H3,(H,29,31,33)(H2,30,32,35). The number of benzene rings is 1. The van der Waals surface area contributed by atoms with Gasteiger partial charge in [0, 0.05) is 37.4 Å². The minimum absolute atomic E-state index is 0.402. The molecule has 7 heteroatoms. The Morgan fingerprint density at radius 1 is 1.06 bits per heavy atom. The molecule has 2 aliphatic carbocycles. The van der Waals surface area contributed by atoms with E-state index in [0.29, 0.717) is 12.1 Å². The number of aromatic nitrogens is 2. The van der Waals surface area contributed by atoms with Crippen LogP contribution in [0.4, 0.5) is 17.5 Å². The lowest BCUT2D eigenvalue weighted by Crippen LogP contribution is -2.42. The molecular weight excluding hydrogens is 452 g/mol. The largest absolute Gasteiger partial charge is 0.362 e. The molecule has 2 aromatic rings. The monoisotopic (exact) mass is 494 g/mol. The Hall–Kier alpha value is -2.41. The molecule has 0 bridgehead atoms. The van der Waals surface area contributed by atoms with Crippen molar-refractivity contribution >= 4 is 34.8 Å². The molecule has 0 amide bonds. The normalized spacial score (nSPS) is 19.5. The van der Waals surface area contributed by atoms with E-state index in [-0.39, 0.29) is 0 Å².